The summed E-state index contributed by atoms with van der Waals surface area (Å²) in [6.45, 7) is 10.8. The molecule has 0 spiro atoms. The SMILES string of the molecule is CCCCCCCCN1C(=O)C(=Cc2c(C)c(C#N)c(=O)n(C)c2N2CC(C)CC(C)C2)SC1=S. The van der Waals surface area contributed by atoms with Crippen molar-refractivity contribution >= 4 is 46.1 Å². The zero-order chi connectivity index (χ0) is 25.7. The minimum atomic E-state index is -0.293. The van der Waals surface area contributed by atoms with Crippen LogP contribution in [0.1, 0.15) is 82.4 Å². The molecule has 2 atom stereocenters. The first-order valence-electron chi connectivity index (χ1n) is 12.8. The van der Waals surface area contributed by atoms with Crippen LogP contribution in [0.3, 0.4) is 0 Å². The maximum atomic E-state index is 13.3. The van der Waals surface area contributed by atoms with E-state index in [0.717, 1.165) is 43.7 Å². The van der Waals surface area contributed by atoms with Crippen molar-refractivity contribution in [2.75, 3.05) is 24.5 Å². The molecule has 2 unspecified atom stereocenters. The van der Waals surface area contributed by atoms with Crippen molar-refractivity contribution in [2.24, 2.45) is 18.9 Å². The molecule has 3 rings (SSSR count). The van der Waals surface area contributed by atoms with Gasteiger partial charge >= 0.3 is 0 Å². The number of thioether (sulfide) groups is 1. The van der Waals surface area contributed by atoms with E-state index in [2.05, 4.69) is 31.7 Å². The van der Waals surface area contributed by atoms with Crippen molar-refractivity contribution in [3.8, 4) is 6.07 Å². The fourth-order valence-corrected chi connectivity index (χ4v) is 6.59. The van der Waals surface area contributed by atoms with E-state index in [4.69, 9.17) is 12.2 Å². The van der Waals surface area contributed by atoms with Gasteiger partial charge in [0, 0.05) is 32.2 Å². The van der Waals surface area contributed by atoms with Crippen LogP contribution in [-0.4, -0.2) is 39.3 Å². The second-order valence-electron chi connectivity index (χ2n) is 10.2. The van der Waals surface area contributed by atoms with Gasteiger partial charge in [-0.1, -0.05) is 76.9 Å². The zero-order valence-electron chi connectivity index (χ0n) is 21.7. The number of nitriles is 1. The molecule has 0 N–H and O–H groups in total. The number of hydrogen-bond acceptors (Lipinski definition) is 6. The molecule has 190 valence electrons. The van der Waals surface area contributed by atoms with Crippen LogP contribution >= 0.6 is 24.0 Å². The molecule has 2 saturated heterocycles. The molecule has 35 heavy (non-hydrogen) atoms. The molecule has 2 aliphatic heterocycles. The Bertz CT molecular complexity index is 1090. The zero-order valence-corrected chi connectivity index (χ0v) is 23.4. The number of rotatable bonds is 9. The standard InChI is InChI=1S/C27H38N4O2S2/c1-6-7-8-9-10-11-12-31-26(33)23(35-27(31)34)14-21-20(4)22(15-28)25(32)29(5)24(21)30-16-18(2)13-19(3)17-30/h14,18-19H,6-13,16-17H2,1-5H3. The number of piperidine rings is 1. The van der Waals surface area contributed by atoms with Crippen molar-refractivity contribution in [2.45, 2.75) is 72.6 Å². The van der Waals surface area contributed by atoms with E-state index in [0.29, 0.717) is 33.2 Å². The van der Waals surface area contributed by atoms with Gasteiger partial charge in [-0.05, 0) is 43.2 Å². The summed E-state index contributed by atoms with van der Waals surface area (Å²) in [6.07, 6.45) is 9.93. The lowest BCUT2D eigenvalue weighted by Crippen LogP contribution is -2.42. The Morgan fingerprint density at radius 3 is 2.37 bits per heavy atom. The van der Waals surface area contributed by atoms with E-state index in [-0.39, 0.29) is 17.0 Å². The third kappa shape index (κ3) is 6.18. The molecule has 6 nitrogen and oxygen atoms in total. The molecule has 0 aliphatic carbocycles. The second kappa shape index (κ2) is 12.2. The highest BCUT2D eigenvalue weighted by Gasteiger charge is 2.33. The predicted molar refractivity (Wildman–Crippen MR) is 150 cm³/mol. The highest BCUT2D eigenvalue weighted by molar-refractivity contribution is 8.26. The van der Waals surface area contributed by atoms with Crippen LogP contribution in [0.5, 0.6) is 0 Å². The lowest BCUT2D eigenvalue weighted by atomic mass is 9.91. The first-order valence-corrected chi connectivity index (χ1v) is 14.1. The fraction of sp³-hybridized carbons (Fsp3) is 0.630. The van der Waals surface area contributed by atoms with Crippen LogP contribution in [0.4, 0.5) is 5.82 Å². The van der Waals surface area contributed by atoms with Crippen molar-refractivity contribution in [3.05, 3.63) is 31.9 Å². The number of hydrogen-bond donors (Lipinski definition) is 0. The number of carbonyl (C=O) groups is 1. The second-order valence-corrected chi connectivity index (χ2v) is 11.8. The lowest BCUT2D eigenvalue weighted by Gasteiger charge is -2.38. The van der Waals surface area contributed by atoms with E-state index < -0.39 is 0 Å². The van der Waals surface area contributed by atoms with E-state index in [1.165, 1.54) is 37.4 Å². The van der Waals surface area contributed by atoms with Crippen LogP contribution in [0.15, 0.2) is 9.70 Å². The van der Waals surface area contributed by atoms with Gasteiger partial charge < -0.3 is 4.90 Å². The molecule has 3 heterocycles. The van der Waals surface area contributed by atoms with E-state index >= 15 is 0 Å². The highest BCUT2D eigenvalue weighted by Crippen LogP contribution is 2.37. The molecule has 0 radical (unpaired) electrons. The van der Waals surface area contributed by atoms with Gasteiger partial charge in [-0.25, -0.2) is 0 Å². The predicted octanol–water partition coefficient (Wildman–Crippen LogP) is 5.61. The number of unbranched alkanes of at least 4 members (excludes halogenated alkanes) is 5. The van der Waals surface area contributed by atoms with Crippen LogP contribution in [0.25, 0.3) is 6.08 Å². The maximum absolute atomic E-state index is 13.3. The maximum Gasteiger partial charge on any atom is 0.270 e. The summed E-state index contributed by atoms with van der Waals surface area (Å²) in [6, 6.07) is 2.09. The van der Waals surface area contributed by atoms with Gasteiger partial charge in [-0.2, -0.15) is 5.26 Å². The summed E-state index contributed by atoms with van der Waals surface area (Å²) in [5, 5.41) is 9.71. The first-order chi connectivity index (χ1) is 16.7. The van der Waals surface area contributed by atoms with Gasteiger partial charge in [-0.15, -0.1) is 0 Å². The molecule has 2 aliphatic rings. The number of thiocarbonyl (C=S) groups is 1. The number of nitrogens with zero attached hydrogens (tertiary/aromatic N) is 4. The minimum Gasteiger partial charge on any atom is -0.357 e. The van der Waals surface area contributed by atoms with Gasteiger partial charge in [0.15, 0.2) is 0 Å². The van der Waals surface area contributed by atoms with Crippen molar-refractivity contribution in [3.63, 3.8) is 0 Å². The Kier molecular flexibility index (Phi) is 9.60. The lowest BCUT2D eigenvalue weighted by molar-refractivity contribution is -0.122. The van der Waals surface area contributed by atoms with E-state index in [1.807, 2.05) is 13.0 Å². The Hall–Kier alpha value is -2.11. The molecular weight excluding hydrogens is 476 g/mol. The Labute approximate surface area is 219 Å². The number of pyridine rings is 1. The minimum absolute atomic E-state index is 0.0772. The summed E-state index contributed by atoms with van der Waals surface area (Å²) in [5.74, 6) is 1.69. The number of carbonyl (C=O) groups excluding carboxylic acids is 1. The Balaban J connectivity index is 1.94. The topological polar surface area (TPSA) is 69.3 Å². The third-order valence-electron chi connectivity index (χ3n) is 7.02. The summed E-state index contributed by atoms with van der Waals surface area (Å²) < 4.78 is 2.17. The van der Waals surface area contributed by atoms with Crippen molar-refractivity contribution in [1.82, 2.24) is 9.47 Å². The molecule has 1 aromatic heterocycles. The molecule has 2 fully saturated rings. The molecule has 0 aromatic carbocycles. The third-order valence-corrected chi connectivity index (χ3v) is 8.40. The fourth-order valence-electron chi connectivity index (χ4n) is 5.30. The van der Waals surface area contributed by atoms with Gasteiger partial charge in [0.1, 0.15) is 21.8 Å². The van der Waals surface area contributed by atoms with Gasteiger partial charge in [0.05, 0.1) is 4.91 Å². The normalized spacial score (nSPS) is 21.8. The van der Waals surface area contributed by atoms with Crippen LogP contribution in [-0.2, 0) is 11.8 Å². The molecular formula is C27H38N4O2S2. The van der Waals surface area contributed by atoms with Crippen LogP contribution < -0.4 is 10.5 Å². The average Bonchev–Trinajstić information content (AvgIpc) is 3.06. The Morgan fingerprint density at radius 2 is 1.74 bits per heavy atom. The summed E-state index contributed by atoms with van der Waals surface area (Å²) in [4.78, 5) is 30.8. The van der Waals surface area contributed by atoms with Crippen molar-refractivity contribution < 1.29 is 4.79 Å². The molecule has 0 bridgehead atoms. The number of anilines is 1. The van der Waals surface area contributed by atoms with Gasteiger partial charge in [-0.3, -0.25) is 19.1 Å². The van der Waals surface area contributed by atoms with E-state index in [1.54, 1.807) is 16.5 Å². The van der Waals surface area contributed by atoms with Gasteiger partial charge in [0.2, 0.25) is 0 Å². The number of amides is 1. The first kappa shape index (κ1) is 27.5. The van der Waals surface area contributed by atoms with E-state index in [9.17, 15) is 14.9 Å². The molecule has 1 amide bonds. The molecule has 8 heteroatoms. The van der Waals surface area contributed by atoms with Gasteiger partial charge in [0.25, 0.3) is 11.5 Å². The summed E-state index contributed by atoms with van der Waals surface area (Å²) in [5.41, 5.74) is 1.23. The van der Waals surface area contributed by atoms with Crippen LogP contribution in [0.2, 0.25) is 0 Å². The smallest absolute Gasteiger partial charge is 0.270 e. The monoisotopic (exact) mass is 514 g/mol. The summed E-state index contributed by atoms with van der Waals surface area (Å²) in [7, 11) is 1.73. The quantitative estimate of drug-likeness (QED) is 0.242. The summed E-state index contributed by atoms with van der Waals surface area (Å²) >= 11 is 6.87. The largest absolute Gasteiger partial charge is 0.357 e. The highest BCUT2D eigenvalue weighted by atomic mass is 32.2. The molecule has 0 saturated carbocycles. The number of aromatic nitrogens is 1. The Morgan fingerprint density at radius 1 is 1.11 bits per heavy atom. The average molecular weight is 515 g/mol. The molecule has 1 aromatic rings. The van der Waals surface area contributed by atoms with Crippen LogP contribution in [0, 0.1) is 30.1 Å². The van der Waals surface area contributed by atoms with Crippen molar-refractivity contribution in [1.29, 1.82) is 5.26 Å².